The molecule has 0 heterocycles. The SMILES string of the molecule is CC1(C)C(F)(F)C(F)(F)C2(F)C(F)(F)C(F)(F)C(F)(F)C1(C)C2(F)F. The van der Waals surface area contributed by atoms with E-state index in [1.807, 2.05) is 0 Å². The molecule has 25 heavy (non-hydrogen) atoms. The maximum Gasteiger partial charge on any atom is 0.376 e. The van der Waals surface area contributed by atoms with Crippen LogP contribution in [0.3, 0.4) is 0 Å². The van der Waals surface area contributed by atoms with Crippen LogP contribution in [-0.4, -0.2) is 41.2 Å². The molecule has 13 heteroatoms. The van der Waals surface area contributed by atoms with Crippen molar-refractivity contribution >= 4 is 0 Å². The van der Waals surface area contributed by atoms with Crippen molar-refractivity contribution < 1.29 is 57.1 Å². The maximum absolute atomic E-state index is 14.3. The van der Waals surface area contributed by atoms with Gasteiger partial charge in [0, 0.05) is 0 Å². The van der Waals surface area contributed by atoms with E-state index in [1.54, 1.807) is 0 Å². The molecule has 148 valence electrons. The Morgan fingerprint density at radius 2 is 0.680 bits per heavy atom. The number of hydrogen-bond acceptors (Lipinski definition) is 0. The van der Waals surface area contributed by atoms with E-state index >= 15 is 0 Å². The number of fused-ring (bicyclic) bond motifs is 2. The molecule has 0 amide bonds. The second-order valence-electron chi connectivity index (χ2n) is 6.85. The van der Waals surface area contributed by atoms with Crippen molar-refractivity contribution in [2.45, 2.75) is 62.0 Å². The molecule has 0 N–H and O–H groups in total. The first-order chi connectivity index (χ1) is 10.5. The summed E-state index contributed by atoms with van der Waals surface area (Å²) in [6.45, 7) is -1.45. The lowest BCUT2D eigenvalue weighted by Crippen LogP contribution is -2.95. The largest absolute Gasteiger partial charge is 0.376 e. The van der Waals surface area contributed by atoms with Crippen molar-refractivity contribution in [2.24, 2.45) is 10.8 Å². The van der Waals surface area contributed by atoms with Gasteiger partial charge >= 0.3 is 41.2 Å². The van der Waals surface area contributed by atoms with E-state index < -0.39 is 59.0 Å². The fourth-order valence-electron chi connectivity index (χ4n) is 3.57. The summed E-state index contributed by atoms with van der Waals surface area (Å²) in [5.41, 5.74) is -17.0. The van der Waals surface area contributed by atoms with Gasteiger partial charge in [-0.2, -0.15) is 43.9 Å². The highest BCUT2D eigenvalue weighted by Crippen LogP contribution is 2.84. The second-order valence-corrected chi connectivity index (χ2v) is 6.85. The van der Waals surface area contributed by atoms with Crippen molar-refractivity contribution in [3.05, 3.63) is 0 Å². The van der Waals surface area contributed by atoms with Crippen LogP contribution in [0, 0.1) is 10.8 Å². The summed E-state index contributed by atoms with van der Waals surface area (Å²) in [6.07, 6.45) is 0. The van der Waals surface area contributed by atoms with Crippen LogP contribution in [-0.2, 0) is 0 Å². The first kappa shape index (κ1) is 20.4. The minimum absolute atomic E-state index is 0.359. The Labute approximate surface area is 131 Å². The monoisotopic (exact) mass is 400 g/mol. The fourth-order valence-corrected chi connectivity index (χ4v) is 3.57. The van der Waals surface area contributed by atoms with Gasteiger partial charge in [0.1, 0.15) is 5.41 Å². The van der Waals surface area contributed by atoms with Crippen LogP contribution in [0.4, 0.5) is 57.1 Å². The summed E-state index contributed by atoms with van der Waals surface area (Å²) in [5, 5.41) is 0. The van der Waals surface area contributed by atoms with Crippen molar-refractivity contribution in [3.8, 4) is 0 Å². The summed E-state index contributed by atoms with van der Waals surface area (Å²) in [4.78, 5) is 0. The number of hydrogen-bond donors (Lipinski definition) is 0. The molecular formula is C12H9F13. The van der Waals surface area contributed by atoms with Crippen molar-refractivity contribution in [2.75, 3.05) is 0 Å². The number of alkyl halides is 13. The van der Waals surface area contributed by atoms with Gasteiger partial charge in [-0.3, -0.25) is 0 Å². The molecule has 2 unspecified atom stereocenters. The van der Waals surface area contributed by atoms with E-state index in [9.17, 15) is 57.1 Å². The van der Waals surface area contributed by atoms with E-state index in [0.29, 0.717) is 0 Å². The van der Waals surface area contributed by atoms with Crippen LogP contribution in [0.2, 0.25) is 0 Å². The summed E-state index contributed by atoms with van der Waals surface area (Å²) in [6, 6.07) is 0. The van der Waals surface area contributed by atoms with E-state index in [1.165, 1.54) is 0 Å². The molecule has 2 bridgehead atoms. The summed E-state index contributed by atoms with van der Waals surface area (Å²) < 4.78 is 181. The number of halogens is 13. The first-order valence-electron chi connectivity index (χ1n) is 6.46. The quantitative estimate of drug-likeness (QED) is 0.467. The minimum atomic E-state index is -7.52. The minimum Gasteiger partial charge on any atom is -0.223 e. The number of rotatable bonds is 0. The Morgan fingerprint density at radius 1 is 0.360 bits per heavy atom. The van der Waals surface area contributed by atoms with Gasteiger partial charge in [0.25, 0.3) is 0 Å². The van der Waals surface area contributed by atoms with Crippen molar-refractivity contribution in [1.29, 1.82) is 0 Å². The Balaban J connectivity index is 3.18. The average molecular weight is 400 g/mol. The highest BCUT2D eigenvalue weighted by Gasteiger charge is 3.09. The molecule has 2 saturated carbocycles. The van der Waals surface area contributed by atoms with Crippen LogP contribution < -0.4 is 0 Å². The van der Waals surface area contributed by atoms with Crippen LogP contribution in [0.1, 0.15) is 20.8 Å². The van der Waals surface area contributed by atoms with Crippen LogP contribution in [0.5, 0.6) is 0 Å². The average Bonchev–Trinajstić information content (AvgIpc) is 2.41. The van der Waals surface area contributed by atoms with E-state index in [4.69, 9.17) is 0 Å². The molecule has 2 rings (SSSR count). The lowest BCUT2D eigenvalue weighted by Gasteiger charge is -2.69. The zero-order chi connectivity index (χ0) is 20.5. The van der Waals surface area contributed by atoms with E-state index in [0.717, 1.165) is 0 Å². The predicted molar refractivity (Wildman–Crippen MR) is 55.4 cm³/mol. The Morgan fingerprint density at radius 3 is 1.04 bits per heavy atom. The third-order valence-corrected chi connectivity index (χ3v) is 5.77. The topological polar surface area (TPSA) is 0 Å². The van der Waals surface area contributed by atoms with Gasteiger partial charge in [-0.1, -0.05) is 13.8 Å². The van der Waals surface area contributed by atoms with Crippen molar-refractivity contribution in [3.63, 3.8) is 0 Å². The molecule has 2 atom stereocenters. The standard InChI is InChI=1S/C12H9F13/c1-4(2)5(3)8(16,17)6(13,10(20,21)7(4,14)15)11(22,23)12(24,25)9(5,18)19/h1-3H3. The molecule has 0 aliphatic heterocycles. The van der Waals surface area contributed by atoms with E-state index in [2.05, 4.69) is 0 Å². The van der Waals surface area contributed by atoms with Gasteiger partial charge in [-0.05, 0) is 6.92 Å². The highest BCUT2D eigenvalue weighted by molar-refractivity contribution is 5.39. The zero-order valence-electron chi connectivity index (χ0n) is 12.4. The van der Waals surface area contributed by atoms with Gasteiger partial charge in [0.2, 0.25) is 0 Å². The third kappa shape index (κ3) is 1.29. The summed E-state index contributed by atoms with van der Waals surface area (Å²) in [5.74, 6) is -41.3. The molecule has 2 aliphatic carbocycles. The van der Waals surface area contributed by atoms with E-state index in [-0.39, 0.29) is 13.8 Å². The predicted octanol–water partition coefficient (Wildman–Crippen LogP) is 5.57. The van der Waals surface area contributed by atoms with Gasteiger partial charge in [0.05, 0.1) is 5.41 Å². The van der Waals surface area contributed by atoms with Crippen LogP contribution in [0.25, 0.3) is 0 Å². The normalized spacial score (nSPS) is 44.2. The molecule has 2 fully saturated rings. The third-order valence-electron chi connectivity index (χ3n) is 5.77. The highest BCUT2D eigenvalue weighted by atomic mass is 19.4. The van der Waals surface area contributed by atoms with Crippen LogP contribution in [0.15, 0.2) is 0 Å². The Bertz CT molecular complexity index is 526. The molecule has 0 aromatic rings. The molecule has 2 aliphatic rings. The first-order valence-corrected chi connectivity index (χ1v) is 6.46. The van der Waals surface area contributed by atoms with Crippen LogP contribution >= 0.6 is 0 Å². The zero-order valence-corrected chi connectivity index (χ0v) is 12.4. The van der Waals surface area contributed by atoms with Gasteiger partial charge in [-0.25, -0.2) is 13.2 Å². The molecule has 0 aromatic heterocycles. The van der Waals surface area contributed by atoms with Crippen molar-refractivity contribution in [1.82, 2.24) is 0 Å². The Kier molecular flexibility index (Phi) is 3.26. The molecular weight excluding hydrogens is 391 g/mol. The molecule has 0 spiro atoms. The summed E-state index contributed by atoms with van der Waals surface area (Å²) >= 11 is 0. The second kappa shape index (κ2) is 4.00. The molecule has 0 radical (unpaired) electrons. The molecule has 0 aromatic carbocycles. The molecule has 0 nitrogen and oxygen atoms in total. The maximum atomic E-state index is 14.3. The van der Waals surface area contributed by atoms with Gasteiger partial charge in [-0.15, -0.1) is 0 Å². The smallest absolute Gasteiger partial charge is 0.223 e. The molecule has 0 saturated heterocycles. The fraction of sp³-hybridized carbons (Fsp3) is 1.00. The lowest BCUT2D eigenvalue weighted by molar-refractivity contribution is -0.550. The Hall–Kier alpha value is -0.910. The summed E-state index contributed by atoms with van der Waals surface area (Å²) in [7, 11) is 0. The van der Waals surface area contributed by atoms with Gasteiger partial charge < -0.3 is 0 Å². The lowest BCUT2D eigenvalue weighted by atomic mass is 9.42. The van der Waals surface area contributed by atoms with Gasteiger partial charge in [0.15, 0.2) is 0 Å².